The fraction of sp³-hybridized carbons (Fsp3) is 0.467. The zero-order chi connectivity index (χ0) is 14.7. The molecule has 0 spiro atoms. The molecule has 0 radical (unpaired) electrons. The summed E-state index contributed by atoms with van der Waals surface area (Å²) in [6, 6.07) is 7.78. The number of likely N-dealkylation sites (N-methyl/N-ethyl adjacent to an activating group) is 1. The summed E-state index contributed by atoms with van der Waals surface area (Å²) in [5.41, 5.74) is 0. The van der Waals surface area contributed by atoms with E-state index in [1.54, 1.807) is 6.33 Å². The van der Waals surface area contributed by atoms with Crippen LogP contribution >= 0.6 is 0 Å². The molecule has 0 aliphatic carbocycles. The zero-order valence-electron chi connectivity index (χ0n) is 12.4. The number of aromatic nitrogens is 3. The van der Waals surface area contributed by atoms with Crippen LogP contribution in [0.5, 0.6) is 11.5 Å². The Hall–Kier alpha value is -2.08. The molecule has 112 valence electrons. The Bertz CT molecular complexity index is 599. The molecule has 0 unspecified atom stereocenters. The number of nitrogens with zero attached hydrogens (tertiary/aromatic N) is 4. The lowest BCUT2D eigenvalue weighted by molar-refractivity contribution is 0.0629. The van der Waals surface area contributed by atoms with Gasteiger partial charge >= 0.3 is 0 Å². The molecule has 1 aliphatic heterocycles. The molecular formula is C15H20N4O2. The number of para-hydroxylation sites is 2. The second kappa shape index (κ2) is 6.13. The van der Waals surface area contributed by atoms with Crippen molar-refractivity contribution >= 4 is 0 Å². The van der Waals surface area contributed by atoms with Gasteiger partial charge in [-0.05, 0) is 26.1 Å². The van der Waals surface area contributed by atoms with Crippen LogP contribution in [-0.4, -0.2) is 46.0 Å². The monoisotopic (exact) mass is 288 g/mol. The molecular weight excluding hydrogens is 268 g/mol. The van der Waals surface area contributed by atoms with Crippen molar-refractivity contribution in [3.63, 3.8) is 0 Å². The van der Waals surface area contributed by atoms with Gasteiger partial charge in [0.25, 0.3) is 0 Å². The second-order valence-electron chi connectivity index (χ2n) is 5.19. The van der Waals surface area contributed by atoms with Crippen LogP contribution in [0.2, 0.25) is 0 Å². The topological polar surface area (TPSA) is 52.4 Å². The third-order valence-corrected chi connectivity index (χ3v) is 3.49. The fourth-order valence-corrected chi connectivity index (χ4v) is 2.48. The number of rotatable bonds is 5. The van der Waals surface area contributed by atoms with Crippen molar-refractivity contribution in [3.8, 4) is 11.5 Å². The first kappa shape index (κ1) is 13.9. The maximum Gasteiger partial charge on any atom is 0.161 e. The van der Waals surface area contributed by atoms with Gasteiger partial charge in [0.2, 0.25) is 0 Å². The Morgan fingerprint density at radius 3 is 2.95 bits per heavy atom. The van der Waals surface area contributed by atoms with E-state index in [4.69, 9.17) is 9.47 Å². The van der Waals surface area contributed by atoms with Crippen molar-refractivity contribution in [2.45, 2.75) is 26.1 Å². The third kappa shape index (κ3) is 3.16. The first-order valence-corrected chi connectivity index (χ1v) is 7.20. The van der Waals surface area contributed by atoms with Crippen molar-refractivity contribution < 1.29 is 9.47 Å². The van der Waals surface area contributed by atoms with E-state index in [0.29, 0.717) is 6.61 Å². The normalized spacial score (nSPS) is 17.2. The van der Waals surface area contributed by atoms with E-state index < -0.39 is 0 Å². The first-order chi connectivity index (χ1) is 10.3. The van der Waals surface area contributed by atoms with E-state index in [1.165, 1.54) is 0 Å². The largest absolute Gasteiger partial charge is 0.486 e. The van der Waals surface area contributed by atoms with Crippen LogP contribution in [-0.2, 0) is 13.1 Å². The van der Waals surface area contributed by atoms with Gasteiger partial charge in [0, 0.05) is 13.1 Å². The van der Waals surface area contributed by atoms with Gasteiger partial charge in [-0.2, -0.15) is 5.10 Å². The average molecular weight is 288 g/mol. The minimum Gasteiger partial charge on any atom is -0.486 e. The van der Waals surface area contributed by atoms with Crippen LogP contribution in [0.1, 0.15) is 12.7 Å². The van der Waals surface area contributed by atoms with Gasteiger partial charge in [-0.3, -0.25) is 4.90 Å². The lowest BCUT2D eigenvalue weighted by Gasteiger charge is -2.29. The Labute approximate surface area is 124 Å². The summed E-state index contributed by atoms with van der Waals surface area (Å²) in [7, 11) is 2.05. The average Bonchev–Trinajstić information content (AvgIpc) is 2.94. The molecule has 21 heavy (non-hydrogen) atoms. The molecule has 1 aromatic heterocycles. The number of ether oxygens (including phenoxy) is 2. The third-order valence-electron chi connectivity index (χ3n) is 3.49. The molecule has 2 heterocycles. The van der Waals surface area contributed by atoms with Crippen LogP contribution in [0.25, 0.3) is 0 Å². The molecule has 0 amide bonds. The lowest BCUT2D eigenvalue weighted by atomic mass is 10.2. The molecule has 1 aromatic carbocycles. The van der Waals surface area contributed by atoms with Crippen LogP contribution < -0.4 is 9.47 Å². The second-order valence-corrected chi connectivity index (χ2v) is 5.19. The summed E-state index contributed by atoms with van der Waals surface area (Å²) in [4.78, 5) is 6.47. The number of fused-ring (bicyclic) bond motifs is 1. The summed E-state index contributed by atoms with van der Waals surface area (Å²) in [6.45, 7) is 4.99. The van der Waals surface area contributed by atoms with Crippen LogP contribution in [0.15, 0.2) is 30.6 Å². The maximum absolute atomic E-state index is 5.97. The minimum absolute atomic E-state index is 0.0305. The zero-order valence-corrected chi connectivity index (χ0v) is 12.4. The Balaban J connectivity index is 1.58. The van der Waals surface area contributed by atoms with E-state index >= 15 is 0 Å². The number of benzene rings is 1. The van der Waals surface area contributed by atoms with E-state index in [-0.39, 0.29) is 6.10 Å². The molecule has 3 rings (SSSR count). The molecule has 0 N–H and O–H groups in total. The fourth-order valence-electron chi connectivity index (χ4n) is 2.48. The summed E-state index contributed by atoms with van der Waals surface area (Å²) in [5.74, 6) is 2.61. The molecule has 2 aromatic rings. The van der Waals surface area contributed by atoms with Gasteiger partial charge in [-0.25, -0.2) is 9.67 Å². The highest BCUT2D eigenvalue weighted by Gasteiger charge is 2.22. The quantitative estimate of drug-likeness (QED) is 0.836. The predicted molar refractivity (Wildman–Crippen MR) is 78.4 cm³/mol. The Kier molecular flexibility index (Phi) is 4.06. The van der Waals surface area contributed by atoms with Crippen molar-refractivity contribution in [1.29, 1.82) is 0 Å². The van der Waals surface area contributed by atoms with E-state index in [0.717, 1.165) is 37.0 Å². The summed E-state index contributed by atoms with van der Waals surface area (Å²) >= 11 is 0. The van der Waals surface area contributed by atoms with E-state index in [9.17, 15) is 0 Å². The number of hydrogen-bond acceptors (Lipinski definition) is 5. The summed E-state index contributed by atoms with van der Waals surface area (Å²) < 4.78 is 13.6. The standard InChI is InChI=1S/C15H20N4O2/c1-3-19-15(16-11-17-19)9-18(2)8-12-10-20-13-6-4-5-7-14(13)21-12/h4-7,11-12H,3,8-10H2,1-2H3/t12-/m1/s1. The smallest absolute Gasteiger partial charge is 0.161 e. The molecule has 0 fully saturated rings. The van der Waals surface area contributed by atoms with E-state index in [1.807, 2.05) is 28.9 Å². The van der Waals surface area contributed by atoms with Crippen molar-refractivity contribution in [2.75, 3.05) is 20.2 Å². The van der Waals surface area contributed by atoms with Crippen molar-refractivity contribution in [3.05, 3.63) is 36.4 Å². The van der Waals surface area contributed by atoms with Gasteiger partial charge in [0.15, 0.2) is 11.5 Å². The molecule has 0 saturated carbocycles. The first-order valence-electron chi connectivity index (χ1n) is 7.20. The van der Waals surface area contributed by atoms with Gasteiger partial charge in [0.05, 0.1) is 6.54 Å². The summed E-state index contributed by atoms with van der Waals surface area (Å²) in [6.07, 6.45) is 1.63. The number of hydrogen-bond donors (Lipinski definition) is 0. The van der Waals surface area contributed by atoms with Crippen LogP contribution in [0.4, 0.5) is 0 Å². The maximum atomic E-state index is 5.97. The van der Waals surface area contributed by atoms with Gasteiger partial charge in [-0.1, -0.05) is 12.1 Å². The van der Waals surface area contributed by atoms with Crippen LogP contribution in [0.3, 0.4) is 0 Å². The van der Waals surface area contributed by atoms with Crippen molar-refractivity contribution in [1.82, 2.24) is 19.7 Å². The van der Waals surface area contributed by atoms with Crippen LogP contribution in [0, 0.1) is 0 Å². The molecule has 1 aliphatic rings. The highest BCUT2D eigenvalue weighted by Crippen LogP contribution is 2.30. The number of aryl methyl sites for hydroxylation is 1. The van der Waals surface area contributed by atoms with E-state index in [2.05, 4.69) is 29.0 Å². The Morgan fingerprint density at radius 1 is 1.33 bits per heavy atom. The van der Waals surface area contributed by atoms with Crippen molar-refractivity contribution in [2.24, 2.45) is 0 Å². The lowest BCUT2D eigenvalue weighted by Crippen LogP contribution is -2.39. The van der Waals surface area contributed by atoms with Gasteiger partial charge in [-0.15, -0.1) is 0 Å². The molecule has 6 nitrogen and oxygen atoms in total. The highest BCUT2D eigenvalue weighted by molar-refractivity contribution is 5.40. The SMILES string of the molecule is CCn1ncnc1CN(C)C[C@@H]1COc2ccccc2O1. The van der Waals surface area contributed by atoms with Gasteiger partial charge in [0.1, 0.15) is 24.9 Å². The van der Waals surface area contributed by atoms with Gasteiger partial charge < -0.3 is 9.47 Å². The summed E-state index contributed by atoms with van der Waals surface area (Å²) in [5, 5.41) is 4.19. The molecule has 0 bridgehead atoms. The molecule has 1 atom stereocenters. The predicted octanol–water partition coefficient (Wildman–Crippen LogP) is 1.57. The minimum atomic E-state index is 0.0305. The molecule has 0 saturated heterocycles. The Morgan fingerprint density at radius 2 is 2.14 bits per heavy atom. The molecule has 6 heteroatoms. The highest BCUT2D eigenvalue weighted by atomic mass is 16.6.